The molecule has 6 heteroatoms. The van der Waals surface area contributed by atoms with Crippen LogP contribution in [0.4, 0.5) is 0 Å². The van der Waals surface area contributed by atoms with E-state index in [-0.39, 0.29) is 11.8 Å². The van der Waals surface area contributed by atoms with Gasteiger partial charge in [0.15, 0.2) is 0 Å². The molecular weight excluding hydrogens is 342 g/mol. The average Bonchev–Trinajstić information content (AvgIpc) is 3.12. The van der Waals surface area contributed by atoms with Crippen molar-refractivity contribution in [3.05, 3.63) is 42.1 Å². The van der Waals surface area contributed by atoms with E-state index < -0.39 is 5.54 Å². The highest BCUT2D eigenvalue weighted by atomic mass is 16.5. The first-order valence-electron chi connectivity index (χ1n) is 9.61. The number of rotatable bonds is 4. The van der Waals surface area contributed by atoms with Crippen molar-refractivity contribution in [2.24, 2.45) is 0 Å². The summed E-state index contributed by atoms with van der Waals surface area (Å²) in [6.07, 6.45) is 4.88. The van der Waals surface area contributed by atoms with Crippen LogP contribution in [0.3, 0.4) is 0 Å². The van der Waals surface area contributed by atoms with Gasteiger partial charge in [0, 0.05) is 38.3 Å². The first kappa shape index (κ1) is 17.9. The minimum absolute atomic E-state index is 0.0744. The number of carbonyl (C=O) groups excluding carboxylic acids is 2. The number of aromatic nitrogens is 1. The number of hydrogen-bond donors (Lipinski definition) is 0. The predicted octanol–water partition coefficient (Wildman–Crippen LogP) is 2.48. The Bertz CT molecular complexity index is 869. The van der Waals surface area contributed by atoms with Crippen molar-refractivity contribution < 1.29 is 14.3 Å². The molecule has 0 bridgehead atoms. The summed E-state index contributed by atoms with van der Waals surface area (Å²) in [5, 5.41) is 0.938. The van der Waals surface area contributed by atoms with E-state index in [1.165, 1.54) is 0 Å². The quantitative estimate of drug-likeness (QED) is 0.833. The second-order valence-corrected chi connectivity index (χ2v) is 7.40. The lowest BCUT2D eigenvalue weighted by Crippen LogP contribution is -2.61. The first-order valence-corrected chi connectivity index (χ1v) is 9.61. The van der Waals surface area contributed by atoms with Crippen LogP contribution in [0.1, 0.15) is 36.0 Å². The van der Waals surface area contributed by atoms with Crippen molar-refractivity contribution in [2.75, 3.05) is 33.4 Å². The number of benzene rings is 1. The van der Waals surface area contributed by atoms with Crippen molar-refractivity contribution in [1.29, 1.82) is 0 Å². The van der Waals surface area contributed by atoms with Crippen LogP contribution in [0.25, 0.3) is 10.9 Å². The van der Waals surface area contributed by atoms with Crippen LogP contribution >= 0.6 is 0 Å². The van der Waals surface area contributed by atoms with Gasteiger partial charge in [0.1, 0.15) is 5.54 Å². The molecule has 0 radical (unpaired) electrons. The lowest BCUT2D eigenvalue weighted by atomic mass is 9.85. The van der Waals surface area contributed by atoms with E-state index in [0.717, 1.165) is 43.1 Å². The van der Waals surface area contributed by atoms with Gasteiger partial charge >= 0.3 is 0 Å². The number of ether oxygens (including phenoxy) is 1. The maximum atomic E-state index is 13.3. The average molecular weight is 367 g/mol. The first-order chi connectivity index (χ1) is 13.2. The minimum Gasteiger partial charge on any atom is -0.383 e. The molecule has 2 fully saturated rings. The second-order valence-electron chi connectivity index (χ2n) is 7.40. The molecule has 6 nitrogen and oxygen atoms in total. The van der Waals surface area contributed by atoms with E-state index in [1.54, 1.807) is 18.2 Å². The number of likely N-dealkylation sites (tertiary alicyclic amines) is 2. The molecule has 1 spiro atoms. The van der Waals surface area contributed by atoms with Gasteiger partial charge in [-0.25, -0.2) is 0 Å². The highest BCUT2D eigenvalue weighted by Crippen LogP contribution is 2.39. The Hall–Kier alpha value is -2.47. The van der Waals surface area contributed by atoms with Crippen LogP contribution < -0.4 is 0 Å². The SMILES string of the molecule is COCCN1CCCC2(CCCN2C(=O)c2cnc3ccccc3c2)C1=O. The highest BCUT2D eigenvalue weighted by molar-refractivity contribution is 6.01. The monoisotopic (exact) mass is 367 g/mol. The molecule has 1 aromatic carbocycles. The Balaban J connectivity index is 1.63. The third kappa shape index (κ3) is 3.08. The van der Waals surface area contributed by atoms with Gasteiger partial charge in [0.05, 0.1) is 17.7 Å². The fourth-order valence-corrected chi connectivity index (χ4v) is 4.48. The van der Waals surface area contributed by atoms with E-state index in [4.69, 9.17) is 4.74 Å². The number of piperidine rings is 1. The number of fused-ring (bicyclic) bond motifs is 1. The Morgan fingerprint density at radius 2 is 2.00 bits per heavy atom. The predicted molar refractivity (Wildman–Crippen MR) is 102 cm³/mol. The maximum absolute atomic E-state index is 13.3. The number of methoxy groups -OCH3 is 1. The Morgan fingerprint density at radius 3 is 2.81 bits per heavy atom. The number of nitrogens with zero attached hydrogens (tertiary/aromatic N) is 3. The smallest absolute Gasteiger partial charge is 0.256 e. The summed E-state index contributed by atoms with van der Waals surface area (Å²) in [6, 6.07) is 9.64. The third-order valence-electron chi connectivity index (χ3n) is 5.84. The van der Waals surface area contributed by atoms with Gasteiger partial charge in [0.2, 0.25) is 5.91 Å². The number of amides is 2. The molecule has 1 unspecified atom stereocenters. The Kier molecular flexibility index (Phi) is 4.83. The molecule has 2 aliphatic heterocycles. The molecule has 2 saturated heterocycles. The van der Waals surface area contributed by atoms with Crippen LogP contribution in [-0.4, -0.2) is 65.5 Å². The molecule has 0 N–H and O–H groups in total. The molecule has 3 heterocycles. The van der Waals surface area contributed by atoms with Crippen LogP contribution in [0.5, 0.6) is 0 Å². The van der Waals surface area contributed by atoms with E-state index in [0.29, 0.717) is 25.3 Å². The third-order valence-corrected chi connectivity index (χ3v) is 5.84. The summed E-state index contributed by atoms with van der Waals surface area (Å²) in [7, 11) is 1.64. The summed E-state index contributed by atoms with van der Waals surface area (Å²) in [5.74, 6) is -0.0157. The van der Waals surface area contributed by atoms with Crippen LogP contribution in [0, 0.1) is 0 Å². The van der Waals surface area contributed by atoms with E-state index in [1.807, 2.05) is 35.2 Å². The topological polar surface area (TPSA) is 62.7 Å². The van der Waals surface area contributed by atoms with Crippen LogP contribution in [0.2, 0.25) is 0 Å². The van der Waals surface area contributed by atoms with Crippen LogP contribution in [0.15, 0.2) is 36.5 Å². The molecular formula is C21H25N3O3. The van der Waals surface area contributed by atoms with Gasteiger partial charge in [-0.3, -0.25) is 14.6 Å². The summed E-state index contributed by atoms with van der Waals surface area (Å²) >= 11 is 0. The fraction of sp³-hybridized carbons (Fsp3) is 0.476. The molecule has 1 atom stereocenters. The normalized spacial score (nSPS) is 22.8. The molecule has 2 aliphatic rings. The van der Waals surface area contributed by atoms with Crippen molar-refractivity contribution in [3.8, 4) is 0 Å². The summed E-state index contributed by atoms with van der Waals surface area (Å²) < 4.78 is 5.15. The van der Waals surface area contributed by atoms with Crippen LogP contribution in [-0.2, 0) is 9.53 Å². The van der Waals surface area contributed by atoms with Crippen molar-refractivity contribution in [3.63, 3.8) is 0 Å². The molecule has 2 amide bonds. The summed E-state index contributed by atoms with van der Waals surface area (Å²) in [6.45, 7) is 2.46. The fourth-order valence-electron chi connectivity index (χ4n) is 4.48. The van der Waals surface area contributed by atoms with Gasteiger partial charge in [-0.2, -0.15) is 0 Å². The number of carbonyl (C=O) groups is 2. The number of pyridine rings is 1. The zero-order valence-electron chi connectivity index (χ0n) is 15.7. The number of para-hydroxylation sites is 1. The second kappa shape index (κ2) is 7.27. The molecule has 0 aliphatic carbocycles. The van der Waals surface area contributed by atoms with Gasteiger partial charge < -0.3 is 14.5 Å². The largest absolute Gasteiger partial charge is 0.383 e. The zero-order chi connectivity index (χ0) is 18.9. The van der Waals surface area contributed by atoms with Crippen molar-refractivity contribution in [1.82, 2.24) is 14.8 Å². The lowest BCUT2D eigenvalue weighted by Gasteiger charge is -2.44. The van der Waals surface area contributed by atoms with E-state index in [9.17, 15) is 9.59 Å². The van der Waals surface area contributed by atoms with Crippen molar-refractivity contribution >= 4 is 22.7 Å². The van der Waals surface area contributed by atoms with Gasteiger partial charge in [-0.1, -0.05) is 18.2 Å². The maximum Gasteiger partial charge on any atom is 0.256 e. The minimum atomic E-state index is -0.700. The Morgan fingerprint density at radius 1 is 1.22 bits per heavy atom. The van der Waals surface area contributed by atoms with Crippen molar-refractivity contribution in [2.45, 2.75) is 31.2 Å². The van der Waals surface area contributed by atoms with Gasteiger partial charge in [0.25, 0.3) is 5.91 Å². The van der Waals surface area contributed by atoms with Gasteiger partial charge in [-0.15, -0.1) is 0 Å². The number of hydrogen-bond acceptors (Lipinski definition) is 4. The highest BCUT2D eigenvalue weighted by Gasteiger charge is 2.52. The van der Waals surface area contributed by atoms with Gasteiger partial charge in [-0.05, 0) is 37.8 Å². The molecule has 142 valence electrons. The lowest BCUT2D eigenvalue weighted by molar-refractivity contribution is -0.146. The molecule has 4 rings (SSSR count). The molecule has 2 aromatic rings. The van der Waals surface area contributed by atoms with E-state index >= 15 is 0 Å². The summed E-state index contributed by atoms with van der Waals surface area (Å²) in [5.41, 5.74) is 0.718. The summed E-state index contributed by atoms with van der Waals surface area (Å²) in [4.78, 5) is 34.7. The molecule has 27 heavy (non-hydrogen) atoms. The Labute approximate surface area is 159 Å². The standard InChI is InChI=1S/C21H25N3O3/c1-27-13-12-23-10-4-8-21(20(23)26)9-5-11-24(21)19(25)17-14-16-6-2-3-7-18(16)22-15-17/h2-3,6-7,14-15H,4-5,8-13H2,1H3. The molecule has 0 saturated carbocycles. The molecule has 1 aromatic heterocycles. The zero-order valence-corrected chi connectivity index (χ0v) is 15.7. The van der Waals surface area contributed by atoms with E-state index in [2.05, 4.69) is 4.98 Å².